The van der Waals surface area contributed by atoms with Gasteiger partial charge in [-0.2, -0.15) is 0 Å². The lowest BCUT2D eigenvalue weighted by molar-refractivity contribution is 0.102. The third kappa shape index (κ3) is 3.28. The molecule has 1 aliphatic rings. The average Bonchev–Trinajstić information content (AvgIpc) is 3.15. The molecule has 1 saturated heterocycles. The van der Waals surface area contributed by atoms with Gasteiger partial charge in [0.05, 0.1) is 12.2 Å². The van der Waals surface area contributed by atoms with E-state index in [4.69, 9.17) is 15.2 Å². The Morgan fingerprint density at radius 3 is 3.09 bits per heavy atom. The van der Waals surface area contributed by atoms with E-state index in [0.29, 0.717) is 19.7 Å². The number of ether oxygens (including phenoxy) is 2. The smallest absolute Gasteiger partial charge is 0.119 e. The summed E-state index contributed by atoms with van der Waals surface area (Å²) in [5, 5.41) is 8.38. The minimum absolute atomic E-state index is 0.0625. The largest absolute Gasteiger partial charge is 0.492 e. The third-order valence-electron chi connectivity index (χ3n) is 3.84. The average molecular weight is 302 g/mol. The molecule has 1 aromatic carbocycles. The summed E-state index contributed by atoms with van der Waals surface area (Å²) < 4.78 is 13.4. The number of nitrogens with two attached hydrogens (primary N) is 1. The highest BCUT2D eigenvalue weighted by molar-refractivity contribution is 5.27. The standard InChI is InChI=1S/C16H22N4O2/c1-12-4-2-5-13(10-12)21-9-7-20-16(14(11-17)18-19-20)15-6-3-8-22-15/h2,4-5,10,15H,3,6-9,11,17H2,1H3. The summed E-state index contributed by atoms with van der Waals surface area (Å²) in [6.45, 7) is 4.40. The van der Waals surface area contributed by atoms with Gasteiger partial charge in [-0.25, -0.2) is 4.68 Å². The van der Waals surface area contributed by atoms with Gasteiger partial charge in [-0.05, 0) is 37.5 Å². The van der Waals surface area contributed by atoms with E-state index in [1.165, 1.54) is 5.56 Å². The predicted octanol–water partition coefficient (Wildman–Crippen LogP) is 1.98. The second-order valence-corrected chi connectivity index (χ2v) is 5.52. The number of nitrogens with zero attached hydrogens (tertiary/aromatic N) is 3. The van der Waals surface area contributed by atoms with Crippen molar-refractivity contribution in [3.63, 3.8) is 0 Å². The Morgan fingerprint density at radius 1 is 1.45 bits per heavy atom. The van der Waals surface area contributed by atoms with Crippen molar-refractivity contribution in [1.82, 2.24) is 15.0 Å². The lowest BCUT2D eigenvalue weighted by Gasteiger charge is -2.14. The lowest BCUT2D eigenvalue weighted by Crippen LogP contribution is -2.16. The Bertz CT molecular complexity index is 620. The van der Waals surface area contributed by atoms with Crippen molar-refractivity contribution in [2.75, 3.05) is 13.2 Å². The van der Waals surface area contributed by atoms with Gasteiger partial charge in [0.25, 0.3) is 0 Å². The molecule has 0 radical (unpaired) electrons. The molecule has 3 rings (SSSR count). The molecule has 2 heterocycles. The highest BCUT2D eigenvalue weighted by Crippen LogP contribution is 2.29. The van der Waals surface area contributed by atoms with Crippen LogP contribution in [0.1, 0.15) is 35.9 Å². The zero-order chi connectivity index (χ0) is 15.4. The van der Waals surface area contributed by atoms with Crippen LogP contribution in [0.15, 0.2) is 24.3 Å². The highest BCUT2D eigenvalue weighted by atomic mass is 16.5. The quantitative estimate of drug-likeness (QED) is 0.883. The van der Waals surface area contributed by atoms with Gasteiger partial charge < -0.3 is 15.2 Å². The van der Waals surface area contributed by atoms with Crippen molar-refractivity contribution in [2.24, 2.45) is 5.73 Å². The maximum absolute atomic E-state index is 5.79. The van der Waals surface area contributed by atoms with Gasteiger partial charge in [-0.15, -0.1) is 5.10 Å². The summed E-state index contributed by atoms with van der Waals surface area (Å²) in [6, 6.07) is 8.02. The molecule has 6 nitrogen and oxygen atoms in total. The van der Waals surface area contributed by atoms with Gasteiger partial charge in [0, 0.05) is 13.2 Å². The van der Waals surface area contributed by atoms with E-state index in [1.54, 1.807) is 0 Å². The Balaban J connectivity index is 1.66. The minimum Gasteiger partial charge on any atom is -0.492 e. The first-order valence-electron chi connectivity index (χ1n) is 7.71. The fraction of sp³-hybridized carbons (Fsp3) is 0.500. The summed E-state index contributed by atoms with van der Waals surface area (Å²) in [6.07, 6.45) is 2.13. The first-order valence-corrected chi connectivity index (χ1v) is 7.71. The van der Waals surface area contributed by atoms with Gasteiger partial charge >= 0.3 is 0 Å². The van der Waals surface area contributed by atoms with Crippen molar-refractivity contribution in [3.05, 3.63) is 41.2 Å². The number of rotatable bonds is 6. The maximum Gasteiger partial charge on any atom is 0.119 e. The minimum atomic E-state index is 0.0625. The van der Waals surface area contributed by atoms with E-state index in [0.717, 1.165) is 36.6 Å². The number of hydrogen-bond donors (Lipinski definition) is 1. The summed E-state index contributed by atoms with van der Waals surface area (Å²) in [5.41, 5.74) is 8.78. The van der Waals surface area contributed by atoms with Crippen LogP contribution in [0.2, 0.25) is 0 Å². The van der Waals surface area contributed by atoms with Crippen LogP contribution in [-0.2, 0) is 17.8 Å². The second kappa shape index (κ2) is 6.89. The van der Waals surface area contributed by atoms with Gasteiger partial charge in [-0.1, -0.05) is 17.3 Å². The van der Waals surface area contributed by atoms with Crippen LogP contribution >= 0.6 is 0 Å². The monoisotopic (exact) mass is 302 g/mol. The Labute approximate surface area is 130 Å². The number of hydrogen-bond acceptors (Lipinski definition) is 5. The normalized spacial score (nSPS) is 17.8. The molecular weight excluding hydrogens is 280 g/mol. The molecule has 1 aliphatic heterocycles. The van der Waals surface area contributed by atoms with E-state index >= 15 is 0 Å². The van der Waals surface area contributed by atoms with Crippen LogP contribution < -0.4 is 10.5 Å². The van der Waals surface area contributed by atoms with Gasteiger partial charge in [0.15, 0.2) is 0 Å². The fourth-order valence-corrected chi connectivity index (χ4v) is 2.77. The summed E-state index contributed by atoms with van der Waals surface area (Å²) >= 11 is 0. The molecular formula is C16H22N4O2. The number of aryl methyl sites for hydroxylation is 1. The van der Waals surface area contributed by atoms with E-state index in [1.807, 2.05) is 35.9 Å². The molecule has 1 atom stereocenters. The van der Waals surface area contributed by atoms with Crippen LogP contribution in [0.3, 0.4) is 0 Å². The predicted molar refractivity (Wildman–Crippen MR) is 82.5 cm³/mol. The molecule has 118 valence electrons. The lowest BCUT2D eigenvalue weighted by atomic mass is 10.1. The van der Waals surface area contributed by atoms with E-state index in [2.05, 4.69) is 10.3 Å². The second-order valence-electron chi connectivity index (χ2n) is 5.52. The summed E-state index contributed by atoms with van der Waals surface area (Å²) in [7, 11) is 0. The van der Waals surface area contributed by atoms with Crippen LogP contribution in [0.4, 0.5) is 0 Å². The molecule has 0 bridgehead atoms. The van der Waals surface area contributed by atoms with Crippen molar-refractivity contribution in [2.45, 2.75) is 39.0 Å². The third-order valence-corrected chi connectivity index (χ3v) is 3.84. The topological polar surface area (TPSA) is 75.2 Å². The van der Waals surface area contributed by atoms with E-state index in [9.17, 15) is 0 Å². The molecule has 0 saturated carbocycles. The molecule has 6 heteroatoms. The molecule has 0 amide bonds. The molecule has 2 N–H and O–H groups in total. The molecule has 0 aliphatic carbocycles. The SMILES string of the molecule is Cc1cccc(OCCn2nnc(CN)c2C2CCCO2)c1. The summed E-state index contributed by atoms with van der Waals surface area (Å²) in [5.74, 6) is 0.873. The van der Waals surface area contributed by atoms with Crippen molar-refractivity contribution < 1.29 is 9.47 Å². The zero-order valence-electron chi connectivity index (χ0n) is 12.9. The Kier molecular flexibility index (Phi) is 4.70. The first kappa shape index (κ1) is 15.0. The zero-order valence-corrected chi connectivity index (χ0v) is 12.9. The van der Waals surface area contributed by atoms with Crippen LogP contribution in [-0.4, -0.2) is 28.2 Å². The van der Waals surface area contributed by atoms with Crippen LogP contribution in [0, 0.1) is 6.92 Å². The van der Waals surface area contributed by atoms with Gasteiger partial charge in [0.1, 0.15) is 24.2 Å². The fourth-order valence-electron chi connectivity index (χ4n) is 2.77. The van der Waals surface area contributed by atoms with Crippen LogP contribution in [0.25, 0.3) is 0 Å². The molecule has 0 spiro atoms. The van der Waals surface area contributed by atoms with Gasteiger partial charge in [0.2, 0.25) is 0 Å². The molecule has 1 aromatic heterocycles. The molecule has 1 unspecified atom stereocenters. The summed E-state index contributed by atoms with van der Waals surface area (Å²) in [4.78, 5) is 0. The number of benzene rings is 1. The number of aromatic nitrogens is 3. The Morgan fingerprint density at radius 2 is 2.36 bits per heavy atom. The van der Waals surface area contributed by atoms with E-state index < -0.39 is 0 Å². The van der Waals surface area contributed by atoms with Gasteiger partial charge in [-0.3, -0.25) is 0 Å². The van der Waals surface area contributed by atoms with Crippen molar-refractivity contribution >= 4 is 0 Å². The van der Waals surface area contributed by atoms with Crippen molar-refractivity contribution in [1.29, 1.82) is 0 Å². The molecule has 1 fully saturated rings. The molecule has 2 aromatic rings. The molecule has 22 heavy (non-hydrogen) atoms. The first-order chi connectivity index (χ1) is 10.8. The Hall–Kier alpha value is -1.92. The highest BCUT2D eigenvalue weighted by Gasteiger charge is 2.25. The van der Waals surface area contributed by atoms with E-state index in [-0.39, 0.29) is 6.10 Å². The maximum atomic E-state index is 5.79. The van der Waals surface area contributed by atoms with Crippen LogP contribution in [0.5, 0.6) is 5.75 Å². The van der Waals surface area contributed by atoms with Crippen molar-refractivity contribution in [3.8, 4) is 5.75 Å².